The van der Waals surface area contributed by atoms with Gasteiger partial charge in [-0.3, -0.25) is 0 Å². The van der Waals surface area contributed by atoms with Crippen molar-refractivity contribution in [2.24, 2.45) is 5.73 Å². The maximum Gasteiger partial charge on any atom is 0.409 e. The molecule has 14 heavy (non-hydrogen) atoms. The Labute approximate surface area is 88.8 Å². The molecule has 1 heterocycles. The van der Waals surface area contributed by atoms with Gasteiger partial charge in [-0.25, -0.2) is 4.79 Å². The highest BCUT2D eigenvalue weighted by atomic mass is 32.1. The van der Waals surface area contributed by atoms with Gasteiger partial charge in [-0.05, 0) is 19.1 Å². The van der Waals surface area contributed by atoms with Crippen molar-refractivity contribution in [2.75, 3.05) is 32.8 Å². The Morgan fingerprint density at radius 3 is 2.29 bits per heavy atom. The Balaban J connectivity index is 2.35. The maximum absolute atomic E-state index is 11.3. The second kappa shape index (κ2) is 4.99. The Bertz CT molecular complexity index is 227. The van der Waals surface area contributed by atoms with Crippen molar-refractivity contribution < 1.29 is 9.53 Å². The summed E-state index contributed by atoms with van der Waals surface area (Å²) in [6, 6.07) is 0. The third-order valence-corrected chi connectivity index (χ3v) is 2.38. The van der Waals surface area contributed by atoms with Crippen LogP contribution in [0.5, 0.6) is 0 Å². The number of ether oxygens (including phenoxy) is 1. The monoisotopic (exact) mass is 217 g/mol. The van der Waals surface area contributed by atoms with Crippen molar-refractivity contribution in [1.29, 1.82) is 0 Å². The maximum atomic E-state index is 11.3. The first-order chi connectivity index (χ1) is 6.65. The van der Waals surface area contributed by atoms with E-state index < -0.39 is 0 Å². The number of nitrogens with two attached hydrogens (primary N) is 1. The van der Waals surface area contributed by atoms with Crippen molar-refractivity contribution >= 4 is 23.4 Å². The molecular formula is C8H15N3O2S. The first-order valence-electron chi connectivity index (χ1n) is 4.61. The second-order valence-electron chi connectivity index (χ2n) is 3.01. The number of carbonyl (C=O) groups excluding carboxylic acids is 1. The number of thiocarbonyl (C=S) groups is 1. The zero-order chi connectivity index (χ0) is 10.6. The standard InChI is InChI=1S/C8H15N3O2S/c1-2-13-8(12)11-5-3-10(4-6-11)7(9)14/h2-6H2,1H3,(H2,9,14). The van der Waals surface area contributed by atoms with Crippen molar-refractivity contribution in [1.82, 2.24) is 9.80 Å². The van der Waals surface area contributed by atoms with E-state index in [1.54, 1.807) is 11.8 Å². The molecule has 1 fully saturated rings. The fraction of sp³-hybridized carbons (Fsp3) is 0.750. The van der Waals surface area contributed by atoms with Gasteiger partial charge in [0.15, 0.2) is 5.11 Å². The minimum atomic E-state index is -0.255. The van der Waals surface area contributed by atoms with E-state index in [0.717, 1.165) is 0 Å². The molecule has 5 nitrogen and oxygen atoms in total. The Morgan fingerprint density at radius 1 is 1.36 bits per heavy atom. The van der Waals surface area contributed by atoms with E-state index in [0.29, 0.717) is 37.9 Å². The highest BCUT2D eigenvalue weighted by Crippen LogP contribution is 2.03. The molecule has 0 atom stereocenters. The summed E-state index contributed by atoms with van der Waals surface area (Å²) in [6.07, 6.45) is -0.255. The molecular weight excluding hydrogens is 202 g/mol. The van der Waals surface area contributed by atoms with Gasteiger partial charge in [-0.2, -0.15) is 0 Å². The number of hydrogen-bond donors (Lipinski definition) is 1. The lowest BCUT2D eigenvalue weighted by Crippen LogP contribution is -2.52. The van der Waals surface area contributed by atoms with E-state index in [2.05, 4.69) is 0 Å². The van der Waals surface area contributed by atoms with Gasteiger partial charge in [0.1, 0.15) is 0 Å². The van der Waals surface area contributed by atoms with Crippen LogP contribution in [0.3, 0.4) is 0 Å². The molecule has 1 rings (SSSR count). The van der Waals surface area contributed by atoms with Gasteiger partial charge in [0.25, 0.3) is 0 Å². The summed E-state index contributed by atoms with van der Waals surface area (Å²) in [5.74, 6) is 0. The first kappa shape index (κ1) is 11.0. The van der Waals surface area contributed by atoms with Gasteiger partial charge in [0, 0.05) is 26.2 Å². The van der Waals surface area contributed by atoms with Gasteiger partial charge < -0.3 is 20.3 Å². The van der Waals surface area contributed by atoms with E-state index >= 15 is 0 Å². The van der Waals surface area contributed by atoms with Gasteiger partial charge >= 0.3 is 6.09 Å². The van der Waals surface area contributed by atoms with Crippen LogP contribution in [0.1, 0.15) is 6.92 Å². The number of rotatable bonds is 1. The Kier molecular flexibility index (Phi) is 3.94. The molecule has 1 aliphatic rings. The SMILES string of the molecule is CCOC(=O)N1CCN(C(N)=S)CC1. The van der Waals surface area contributed by atoms with Crippen molar-refractivity contribution in [3.05, 3.63) is 0 Å². The number of nitrogens with zero attached hydrogens (tertiary/aromatic N) is 2. The molecule has 0 bridgehead atoms. The summed E-state index contributed by atoms with van der Waals surface area (Å²) in [5, 5.41) is 0.397. The average molecular weight is 217 g/mol. The lowest BCUT2D eigenvalue weighted by Gasteiger charge is -2.34. The second-order valence-corrected chi connectivity index (χ2v) is 3.43. The van der Waals surface area contributed by atoms with Crippen LogP contribution in [-0.4, -0.2) is 53.8 Å². The molecule has 1 aliphatic heterocycles. The van der Waals surface area contributed by atoms with E-state index in [4.69, 9.17) is 22.7 Å². The van der Waals surface area contributed by atoms with Crippen LogP contribution in [0.4, 0.5) is 4.79 Å². The van der Waals surface area contributed by atoms with Crippen LogP contribution < -0.4 is 5.73 Å². The topological polar surface area (TPSA) is 58.8 Å². The molecule has 0 radical (unpaired) electrons. The highest BCUT2D eigenvalue weighted by Gasteiger charge is 2.21. The number of hydrogen-bond acceptors (Lipinski definition) is 3. The third kappa shape index (κ3) is 2.73. The Hall–Kier alpha value is -1.04. The number of amides is 1. The van der Waals surface area contributed by atoms with E-state index in [1.165, 1.54) is 0 Å². The summed E-state index contributed by atoms with van der Waals surface area (Å²) < 4.78 is 4.88. The molecule has 0 spiro atoms. The molecule has 0 aromatic carbocycles. The third-order valence-electron chi connectivity index (χ3n) is 2.12. The van der Waals surface area contributed by atoms with E-state index in [9.17, 15) is 4.79 Å². The molecule has 6 heteroatoms. The molecule has 0 unspecified atom stereocenters. The summed E-state index contributed by atoms with van der Waals surface area (Å²) in [5.41, 5.74) is 5.47. The molecule has 0 aliphatic carbocycles. The fourth-order valence-corrected chi connectivity index (χ4v) is 1.51. The minimum absolute atomic E-state index is 0.255. The zero-order valence-electron chi connectivity index (χ0n) is 8.23. The normalized spacial score (nSPS) is 16.6. The molecule has 1 saturated heterocycles. The van der Waals surface area contributed by atoms with Crippen molar-refractivity contribution in [2.45, 2.75) is 6.92 Å². The zero-order valence-corrected chi connectivity index (χ0v) is 9.05. The van der Waals surface area contributed by atoms with Crippen molar-refractivity contribution in [3.8, 4) is 0 Å². The van der Waals surface area contributed by atoms with Crippen LogP contribution >= 0.6 is 12.2 Å². The lowest BCUT2D eigenvalue weighted by molar-refractivity contribution is 0.0922. The summed E-state index contributed by atoms with van der Waals surface area (Å²) in [6.45, 7) is 4.83. The van der Waals surface area contributed by atoms with E-state index in [1.807, 2.05) is 4.90 Å². The van der Waals surface area contributed by atoms with Gasteiger partial charge in [-0.15, -0.1) is 0 Å². The highest BCUT2D eigenvalue weighted by molar-refractivity contribution is 7.80. The van der Waals surface area contributed by atoms with Crippen molar-refractivity contribution in [3.63, 3.8) is 0 Å². The predicted molar refractivity (Wildman–Crippen MR) is 57.0 cm³/mol. The number of carbonyl (C=O) groups is 1. The fourth-order valence-electron chi connectivity index (χ4n) is 1.32. The minimum Gasteiger partial charge on any atom is -0.450 e. The predicted octanol–water partition coefficient (Wildman–Crippen LogP) is 0.00410. The lowest BCUT2D eigenvalue weighted by atomic mass is 10.3. The van der Waals surface area contributed by atoms with Gasteiger partial charge in [-0.1, -0.05) is 0 Å². The Morgan fingerprint density at radius 2 is 1.86 bits per heavy atom. The van der Waals surface area contributed by atoms with Gasteiger partial charge in [0.2, 0.25) is 0 Å². The van der Waals surface area contributed by atoms with Crippen LogP contribution in [0.15, 0.2) is 0 Å². The van der Waals surface area contributed by atoms with Crippen LogP contribution in [0.2, 0.25) is 0 Å². The molecule has 0 aromatic rings. The molecule has 2 N–H and O–H groups in total. The summed E-state index contributed by atoms with van der Waals surface area (Å²) >= 11 is 4.84. The van der Waals surface area contributed by atoms with Gasteiger partial charge in [0.05, 0.1) is 6.61 Å². The van der Waals surface area contributed by atoms with Crippen LogP contribution in [0, 0.1) is 0 Å². The number of piperazine rings is 1. The molecule has 80 valence electrons. The molecule has 1 amide bonds. The average Bonchev–Trinajstić information content (AvgIpc) is 2.18. The van der Waals surface area contributed by atoms with Crippen LogP contribution in [-0.2, 0) is 4.74 Å². The summed E-state index contributed by atoms with van der Waals surface area (Å²) in [7, 11) is 0. The largest absolute Gasteiger partial charge is 0.450 e. The summed E-state index contributed by atoms with van der Waals surface area (Å²) in [4.78, 5) is 14.8. The quantitative estimate of drug-likeness (QED) is 0.627. The molecule has 0 aromatic heterocycles. The van der Waals surface area contributed by atoms with Crippen LogP contribution in [0.25, 0.3) is 0 Å². The molecule has 0 saturated carbocycles. The smallest absolute Gasteiger partial charge is 0.409 e. The first-order valence-corrected chi connectivity index (χ1v) is 5.02. The van der Waals surface area contributed by atoms with E-state index in [-0.39, 0.29) is 6.09 Å².